The van der Waals surface area contributed by atoms with Crippen molar-refractivity contribution < 1.29 is 9.59 Å². The Morgan fingerprint density at radius 3 is 2.29 bits per heavy atom. The number of nitrogens with one attached hydrogen (secondary N) is 1. The minimum absolute atomic E-state index is 0.101. The van der Waals surface area contributed by atoms with Crippen molar-refractivity contribution in [1.29, 1.82) is 0 Å². The van der Waals surface area contributed by atoms with Crippen LogP contribution in [0.15, 0.2) is 78.2 Å². The molecule has 2 aromatic carbocycles. The fraction of sp³-hybridized carbons (Fsp3) is 0.0455. The molecule has 0 radical (unpaired) electrons. The van der Waals surface area contributed by atoms with Gasteiger partial charge in [0.2, 0.25) is 11.7 Å². The van der Waals surface area contributed by atoms with Crippen LogP contribution in [0.1, 0.15) is 20.1 Å². The molecule has 0 aliphatic carbocycles. The lowest BCUT2D eigenvalue weighted by atomic mass is 10.1. The number of aromatic nitrogens is 1. The van der Waals surface area contributed by atoms with Crippen molar-refractivity contribution in [2.75, 3.05) is 5.32 Å². The Bertz CT molecular complexity index is 1090. The largest absolute Gasteiger partial charge is 0.302 e. The third-order valence-corrected chi connectivity index (χ3v) is 5.92. The summed E-state index contributed by atoms with van der Waals surface area (Å²) in [5.41, 5.74) is 2.03. The van der Waals surface area contributed by atoms with Gasteiger partial charge < -0.3 is 5.32 Å². The quantitative estimate of drug-likeness (QED) is 0.445. The SMILES string of the molecule is O=C(Cc1cccs1)Nc1nc(-c2ccccc2)c(C(=O)c2ccccc2)s1. The van der Waals surface area contributed by atoms with Crippen molar-refractivity contribution in [2.24, 2.45) is 0 Å². The van der Waals surface area contributed by atoms with Crippen LogP contribution >= 0.6 is 22.7 Å². The van der Waals surface area contributed by atoms with E-state index in [-0.39, 0.29) is 11.7 Å². The highest BCUT2D eigenvalue weighted by molar-refractivity contribution is 7.18. The summed E-state index contributed by atoms with van der Waals surface area (Å²) >= 11 is 2.75. The number of carbonyl (C=O) groups is 2. The van der Waals surface area contributed by atoms with Crippen molar-refractivity contribution in [1.82, 2.24) is 4.98 Å². The molecule has 4 rings (SSSR count). The van der Waals surface area contributed by atoms with E-state index >= 15 is 0 Å². The number of carbonyl (C=O) groups excluding carboxylic acids is 2. The zero-order chi connectivity index (χ0) is 19.3. The van der Waals surface area contributed by atoms with Crippen molar-refractivity contribution in [2.45, 2.75) is 6.42 Å². The Hall–Kier alpha value is -3.09. The lowest BCUT2D eigenvalue weighted by Crippen LogP contribution is -2.13. The van der Waals surface area contributed by atoms with Crippen LogP contribution in [0, 0.1) is 0 Å². The molecule has 0 aliphatic rings. The van der Waals surface area contributed by atoms with E-state index in [2.05, 4.69) is 10.3 Å². The van der Waals surface area contributed by atoms with Crippen LogP contribution in [0.4, 0.5) is 5.13 Å². The van der Waals surface area contributed by atoms with Gasteiger partial charge >= 0.3 is 0 Å². The number of thiophene rings is 1. The van der Waals surface area contributed by atoms with Crippen LogP contribution in [-0.4, -0.2) is 16.7 Å². The van der Waals surface area contributed by atoms with Gasteiger partial charge in [-0.3, -0.25) is 9.59 Å². The summed E-state index contributed by atoms with van der Waals surface area (Å²) in [6.45, 7) is 0. The summed E-state index contributed by atoms with van der Waals surface area (Å²) in [7, 11) is 0. The van der Waals surface area contributed by atoms with Gasteiger partial charge in [-0.1, -0.05) is 78.1 Å². The first-order chi connectivity index (χ1) is 13.7. The second kappa shape index (κ2) is 8.29. The van der Waals surface area contributed by atoms with E-state index < -0.39 is 0 Å². The number of benzene rings is 2. The monoisotopic (exact) mass is 404 g/mol. The zero-order valence-corrected chi connectivity index (χ0v) is 16.4. The molecule has 2 aromatic heterocycles. The number of amides is 1. The first kappa shape index (κ1) is 18.3. The standard InChI is InChI=1S/C22H16N2O2S2/c25-18(14-17-12-7-13-27-17)23-22-24-19(15-8-3-1-4-9-15)21(28-22)20(26)16-10-5-2-6-11-16/h1-13H,14H2,(H,23,24,25). The van der Waals surface area contributed by atoms with Gasteiger partial charge in [0.25, 0.3) is 0 Å². The molecule has 0 saturated heterocycles. The minimum Gasteiger partial charge on any atom is -0.302 e. The second-order valence-corrected chi connectivity index (χ2v) is 8.09. The maximum Gasteiger partial charge on any atom is 0.231 e. The Morgan fingerprint density at radius 2 is 1.61 bits per heavy atom. The van der Waals surface area contributed by atoms with Crippen LogP contribution < -0.4 is 5.32 Å². The maximum absolute atomic E-state index is 13.1. The number of ketones is 1. The highest BCUT2D eigenvalue weighted by Gasteiger charge is 2.21. The van der Waals surface area contributed by atoms with Gasteiger partial charge in [0.05, 0.1) is 12.1 Å². The molecule has 0 saturated carbocycles. The number of hydrogen-bond acceptors (Lipinski definition) is 5. The molecule has 138 valence electrons. The summed E-state index contributed by atoms with van der Waals surface area (Å²) in [6.07, 6.45) is 0.292. The number of nitrogens with zero attached hydrogens (tertiary/aromatic N) is 1. The smallest absolute Gasteiger partial charge is 0.231 e. The highest BCUT2D eigenvalue weighted by atomic mass is 32.1. The minimum atomic E-state index is -0.144. The number of hydrogen-bond donors (Lipinski definition) is 1. The predicted molar refractivity (Wildman–Crippen MR) is 114 cm³/mol. The van der Waals surface area contributed by atoms with Gasteiger partial charge in [0.15, 0.2) is 5.13 Å². The molecular weight excluding hydrogens is 388 g/mol. The van der Waals surface area contributed by atoms with Gasteiger partial charge in [-0.15, -0.1) is 11.3 Å². The Morgan fingerprint density at radius 1 is 0.893 bits per heavy atom. The second-order valence-electron chi connectivity index (χ2n) is 6.06. The summed E-state index contributed by atoms with van der Waals surface area (Å²) in [5.74, 6) is -0.245. The number of thiazole rings is 1. The van der Waals surface area contributed by atoms with Gasteiger partial charge in [-0.05, 0) is 11.4 Å². The zero-order valence-electron chi connectivity index (χ0n) is 14.8. The first-order valence-corrected chi connectivity index (χ1v) is 10.4. The molecule has 0 atom stereocenters. The third kappa shape index (κ3) is 4.08. The van der Waals surface area contributed by atoms with Crippen LogP contribution in [0.25, 0.3) is 11.3 Å². The van der Waals surface area contributed by atoms with Crippen LogP contribution in [-0.2, 0) is 11.2 Å². The van der Waals surface area contributed by atoms with Crippen molar-refractivity contribution in [3.8, 4) is 11.3 Å². The fourth-order valence-corrected chi connectivity index (χ4v) is 4.44. The first-order valence-electron chi connectivity index (χ1n) is 8.69. The highest BCUT2D eigenvalue weighted by Crippen LogP contribution is 2.33. The molecule has 4 aromatic rings. The van der Waals surface area contributed by atoms with E-state index in [1.165, 1.54) is 22.7 Å². The van der Waals surface area contributed by atoms with Crippen molar-refractivity contribution in [3.05, 3.63) is 93.5 Å². The van der Waals surface area contributed by atoms with E-state index in [1.54, 1.807) is 12.1 Å². The topological polar surface area (TPSA) is 59.1 Å². The molecule has 0 spiro atoms. The van der Waals surface area contributed by atoms with Crippen LogP contribution in [0.2, 0.25) is 0 Å². The van der Waals surface area contributed by atoms with Crippen molar-refractivity contribution in [3.63, 3.8) is 0 Å². The maximum atomic E-state index is 13.1. The van der Waals surface area contributed by atoms with Crippen LogP contribution in [0.3, 0.4) is 0 Å². The average Bonchev–Trinajstić information content (AvgIpc) is 3.38. The molecule has 0 unspecified atom stereocenters. The summed E-state index contributed by atoms with van der Waals surface area (Å²) in [4.78, 5) is 31.5. The molecule has 0 fully saturated rings. The van der Waals surface area contributed by atoms with E-state index in [9.17, 15) is 9.59 Å². The summed E-state index contributed by atoms with van der Waals surface area (Å²) in [6, 6.07) is 22.5. The van der Waals surface area contributed by atoms with E-state index in [0.717, 1.165) is 10.4 Å². The van der Waals surface area contributed by atoms with Gasteiger partial charge in [-0.25, -0.2) is 4.98 Å². The molecule has 1 amide bonds. The molecule has 6 heteroatoms. The molecule has 2 heterocycles. The Labute approximate surface area is 170 Å². The molecule has 0 aliphatic heterocycles. The molecule has 28 heavy (non-hydrogen) atoms. The van der Waals surface area contributed by atoms with E-state index in [1.807, 2.05) is 66.0 Å². The van der Waals surface area contributed by atoms with Gasteiger partial charge in [0, 0.05) is 16.0 Å². The normalized spacial score (nSPS) is 10.6. The molecular formula is C22H16N2O2S2. The number of rotatable bonds is 6. The summed E-state index contributed by atoms with van der Waals surface area (Å²) < 4.78 is 0. The van der Waals surface area contributed by atoms with E-state index in [4.69, 9.17) is 0 Å². The average molecular weight is 405 g/mol. The van der Waals surface area contributed by atoms with Gasteiger partial charge in [0.1, 0.15) is 4.88 Å². The molecule has 0 bridgehead atoms. The van der Waals surface area contributed by atoms with Crippen LogP contribution in [0.5, 0.6) is 0 Å². The predicted octanol–water partition coefficient (Wildman–Crippen LogP) is 5.28. The Balaban J connectivity index is 1.66. The molecule has 1 N–H and O–H groups in total. The third-order valence-electron chi connectivity index (χ3n) is 4.08. The number of anilines is 1. The fourth-order valence-electron chi connectivity index (χ4n) is 2.77. The lowest BCUT2D eigenvalue weighted by Gasteiger charge is -2.02. The lowest BCUT2D eigenvalue weighted by molar-refractivity contribution is -0.115. The van der Waals surface area contributed by atoms with E-state index in [0.29, 0.717) is 27.7 Å². The Kier molecular flexibility index (Phi) is 5.41. The summed E-state index contributed by atoms with van der Waals surface area (Å²) in [5, 5.41) is 5.21. The van der Waals surface area contributed by atoms with Gasteiger partial charge in [-0.2, -0.15) is 0 Å². The molecule has 4 nitrogen and oxygen atoms in total. The van der Waals surface area contributed by atoms with Crippen molar-refractivity contribution >= 4 is 39.5 Å².